The summed E-state index contributed by atoms with van der Waals surface area (Å²) in [5.74, 6) is -1.66. The molecule has 122 valence electrons. The van der Waals surface area contributed by atoms with Gasteiger partial charge in [-0.25, -0.2) is 0 Å². The molecule has 0 saturated carbocycles. The summed E-state index contributed by atoms with van der Waals surface area (Å²) >= 11 is 0. The predicted octanol–water partition coefficient (Wildman–Crippen LogP) is 1.50. The first kappa shape index (κ1) is 18.0. The summed E-state index contributed by atoms with van der Waals surface area (Å²) in [4.78, 5) is 21.9. The molecule has 1 amide bonds. The molecule has 0 fully saturated rings. The first-order valence-electron chi connectivity index (χ1n) is 6.88. The third-order valence-electron chi connectivity index (χ3n) is 2.97. The molecule has 0 radical (unpaired) electrons. The number of unbranched alkanes of at least 4 members (excludes halogenated alkanes) is 1. The molecule has 0 aromatic heterocycles. The fourth-order valence-electron chi connectivity index (χ4n) is 1.77. The van der Waals surface area contributed by atoms with Crippen LogP contribution in [0, 0.1) is 21.4 Å². The summed E-state index contributed by atoms with van der Waals surface area (Å²) in [6.45, 7) is 2.39. The van der Waals surface area contributed by atoms with Gasteiger partial charge in [-0.05, 0) is 24.1 Å². The molecule has 0 bridgehead atoms. The average Bonchev–Trinajstić information content (AvgIpc) is 2.53. The minimum atomic E-state index is -0.861. The van der Waals surface area contributed by atoms with E-state index < -0.39 is 22.3 Å². The van der Waals surface area contributed by atoms with Gasteiger partial charge in [0.25, 0.3) is 11.6 Å². The van der Waals surface area contributed by atoms with Crippen LogP contribution in [0.3, 0.4) is 0 Å². The lowest BCUT2D eigenvalue weighted by atomic mass is 10.1. The van der Waals surface area contributed by atoms with Gasteiger partial charge in [0.15, 0.2) is 0 Å². The number of nitriles is 1. The second kappa shape index (κ2) is 8.38. The number of hydrogen-bond donors (Lipinski definition) is 1. The van der Waals surface area contributed by atoms with E-state index in [9.17, 15) is 20.0 Å². The molecule has 0 aliphatic carbocycles. The van der Waals surface area contributed by atoms with Crippen LogP contribution in [0.4, 0.5) is 5.69 Å². The standard InChI is InChI=1S/C15H17N3O5/c1-3-4-5-17-15(20)11(9-16)6-10-7-12(18(21)22)14(19)13(8-10)23-2/h6-8,19H,3-5H2,1-2H3,(H,17,20)/p-1/b11-6+. The normalized spacial score (nSPS) is 10.7. The van der Waals surface area contributed by atoms with Gasteiger partial charge >= 0.3 is 0 Å². The molecule has 23 heavy (non-hydrogen) atoms. The van der Waals surface area contributed by atoms with E-state index in [0.717, 1.165) is 18.9 Å². The molecule has 8 heteroatoms. The van der Waals surface area contributed by atoms with Crippen molar-refractivity contribution in [3.05, 3.63) is 33.4 Å². The molecule has 0 aliphatic heterocycles. The fourth-order valence-corrected chi connectivity index (χ4v) is 1.77. The van der Waals surface area contributed by atoms with E-state index in [1.165, 1.54) is 19.3 Å². The van der Waals surface area contributed by atoms with Crippen LogP contribution in [0.1, 0.15) is 25.3 Å². The van der Waals surface area contributed by atoms with Gasteiger partial charge in [0.1, 0.15) is 17.4 Å². The molecule has 1 rings (SSSR count). The van der Waals surface area contributed by atoms with Gasteiger partial charge in [0.2, 0.25) is 0 Å². The maximum Gasteiger partial charge on any atom is 0.266 e. The number of hydrogen-bond acceptors (Lipinski definition) is 6. The van der Waals surface area contributed by atoms with Crippen molar-refractivity contribution >= 4 is 17.7 Å². The van der Waals surface area contributed by atoms with E-state index >= 15 is 0 Å². The number of nitrogens with one attached hydrogen (secondary N) is 1. The molecular weight excluding hydrogens is 302 g/mol. The second-order valence-corrected chi connectivity index (χ2v) is 4.61. The zero-order chi connectivity index (χ0) is 17.4. The van der Waals surface area contributed by atoms with E-state index in [0.29, 0.717) is 6.54 Å². The van der Waals surface area contributed by atoms with Gasteiger partial charge in [-0.3, -0.25) is 14.9 Å². The molecule has 1 aromatic carbocycles. The number of nitro benzene ring substituents is 1. The lowest BCUT2D eigenvalue weighted by Crippen LogP contribution is -2.25. The summed E-state index contributed by atoms with van der Waals surface area (Å²) < 4.78 is 4.80. The summed E-state index contributed by atoms with van der Waals surface area (Å²) in [5.41, 5.74) is -0.731. The number of benzene rings is 1. The Kier molecular flexibility index (Phi) is 6.55. The highest BCUT2D eigenvalue weighted by Gasteiger charge is 2.14. The highest BCUT2D eigenvalue weighted by molar-refractivity contribution is 6.01. The molecule has 0 aliphatic rings. The molecular formula is C15H16N3O5-. The number of methoxy groups -OCH3 is 1. The zero-order valence-corrected chi connectivity index (χ0v) is 12.8. The van der Waals surface area contributed by atoms with Gasteiger partial charge in [-0.15, -0.1) is 0 Å². The van der Waals surface area contributed by atoms with E-state index in [1.807, 2.05) is 6.92 Å². The van der Waals surface area contributed by atoms with Crippen LogP contribution in [0.2, 0.25) is 0 Å². The van der Waals surface area contributed by atoms with Crippen molar-refractivity contribution < 1.29 is 19.6 Å². The maximum absolute atomic E-state index is 11.9. The number of amides is 1. The Bertz CT molecular complexity index is 676. The molecule has 0 spiro atoms. The van der Waals surface area contributed by atoms with Crippen LogP contribution in [-0.4, -0.2) is 24.5 Å². The quantitative estimate of drug-likeness (QED) is 0.267. The lowest BCUT2D eigenvalue weighted by molar-refractivity contribution is -0.398. The summed E-state index contributed by atoms with van der Waals surface area (Å²) in [7, 11) is 1.20. The van der Waals surface area contributed by atoms with Crippen molar-refractivity contribution in [1.29, 1.82) is 5.26 Å². The Morgan fingerprint density at radius 2 is 2.22 bits per heavy atom. The number of ether oxygens (including phenoxy) is 1. The highest BCUT2D eigenvalue weighted by atomic mass is 16.6. The van der Waals surface area contributed by atoms with Crippen LogP contribution in [0.25, 0.3) is 6.08 Å². The molecule has 1 aromatic rings. The van der Waals surface area contributed by atoms with Crippen molar-refractivity contribution in [1.82, 2.24) is 5.32 Å². The first-order valence-corrected chi connectivity index (χ1v) is 6.88. The Balaban J connectivity index is 3.18. The molecule has 0 unspecified atom stereocenters. The number of carbonyl (C=O) groups excluding carboxylic acids is 1. The molecule has 0 heterocycles. The largest absolute Gasteiger partial charge is 0.865 e. The van der Waals surface area contributed by atoms with E-state index in [-0.39, 0.29) is 16.9 Å². The minimum absolute atomic E-state index is 0.162. The first-order chi connectivity index (χ1) is 10.9. The third kappa shape index (κ3) is 4.71. The summed E-state index contributed by atoms with van der Waals surface area (Å²) in [6.07, 6.45) is 2.84. The van der Waals surface area contributed by atoms with Crippen molar-refractivity contribution in [3.63, 3.8) is 0 Å². The number of carbonyl (C=O) groups is 1. The van der Waals surface area contributed by atoms with Crippen molar-refractivity contribution in [3.8, 4) is 17.6 Å². The van der Waals surface area contributed by atoms with Crippen molar-refractivity contribution in [2.75, 3.05) is 13.7 Å². The third-order valence-corrected chi connectivity index (χ3v) is 2.97. The Morgan fingerprint density at radius 1 is 1.52 bits per heavy atom. The SMILES string of the molecule is CCCCNC(=O)/C(C#N)=C/c1cc(OC)c([O-])c([N+](=O)[O-])c1. The number of nitro groups is 1. The number of nitrogens with zero attached hydrogens (tertiary/aromatic N) is 2. The Labute approximate surface area is 133 Å². The predicted molar refractivity (Wildman–Crippen MR) is 80.6 cm³/mol. The molecule has 0 saturated heterocycles. The Morgan fingerprint density at radius 3 is 2.74 bits per heavy atom. The summed E-state index contributed by atoms with van der Waals surface area (Å²) in [5, 5.41) is 34.3. The van der Waals surface area contributed by atoms with E-state index in [4.69, 9.17) is 10.00 Å². The molecule has 0 atom stereocenters. The second-order valence-electron chi connectivity index (χ2n) is 4.61. The average molecular weight is 318 g/mol. The van der Waals surface area contributed by atoms with Gasteiger partial charge < -0.3 is 15.2 Å². The molecule has 8 nitrogen and oxygen atoms in total. The van der Waals surface area contributed by atoms with Crippen LogP contribution < -0.4 is 15.2 Å². The Hall–Kier alpha value is -3.08. The monoisotopic (exact) mass is 318 g/mol. The maximum atomic E-state index is 11.9. The van der Waals surface area contributed by atoms with Gasteiger partial charge in [-0.2, -0.15) is 5.26 Å². The minimum Gasteiger partial charge on any atom is -0.865 e. The fraction of sp³-hybridized carbons (Fsp3) is 0.333. The topological polar surface area (TPSA) is 128 Å². The van der Waals surface area contributed by atoms with Gasteiger partial charge in [-0.1, -0.05) is 13.3 Å². The van der Waals surface area contributed by atoms with Gasteiger partial charge in [0.05, 0.1) is 12.0 Å². The van der Waals surface area contributed by atoms with Crippen LogP contribution >= 0.6 is 0 Å². The van der Waals surface area contributed by atoms with Crippen LogP contribution in [0.5, 0.6) is 11.5 Å². The van der Waals surface area contributed by atoms with E-state index in [2.05, 4.69) is 5.32 Å². The highest BCUT2D eigenvalue weighted by Crippen LogP contribution is 2.35. The van der Waals surface area contributed by atoms with Crippen LogP contribution in [-0.2, 0) is 4.79 Å². The van der Waals surface area contributed by atoms with Gasteiger partial charge in [0, 0.05) is 18.4 Å². The zero-order valence-electron chi connectivity index (χ0n) is 12.8. The number of rotatable bonds is 7. The van der Waals surface area contributed by atoms with Crippen molar-refractivity contribution in [2.45, 2.75) is 19.8 Å². The molecule has 1 N–H and O–H groups in total. The summed E-state index contributed by atoms with van der Waals surface area (Å²) in [6, 6.07) is 3.98. The van der Waals surface area contributed by atoms with E-state index in [1.54, 1.807) is 6.07 Å². The van der Waals surface area contributed by atoms with Crippen LogP contribution in [0.15, 0.2) is 17.7 Å². The lowest BCUT2D eigenvalue weighted by Gasteiger charge is -2.13. The smallest absolute Gasteiger partial charge is 0.266 e. The van der Waals surface area contributed by atoms with Crippen molar-refractivity contribution in [2.24, 2.45) is 0 Å².